The molecule has 1 atom stereocenters. The van der Waals surface area contributed by atoms with E-state index < -0.39 is 11.4 Å². The summed E-state index contributed by atoms with van der Waals surface area (Å²) < 4.78 is 16.5. The summed E-state index contributed by atoms with van der Waals surface area (Å²) in [5.41, 5.74) is 2.06. The third-order valence-electron chi connectivity index (χ3n) is 5.03. The Hall–Kier alpha value is -3.81. The summed E-state index contributed by atoms with van der Waals surface area (Å²) in [4.78, 5) is 25.1. The smallest absolute Gasteiger partial charge is 0.300 e. The van der Waals surface area contributed by atoms with E-state index in [9.17, 15) is 14.0 Å². The molecule has 1 amide bonds. The predicted octanol–water partition coefficient (Wildman–Crippen LogP) is 3.54. The van der Waals surface area contributed by atoms with Gasteiger partial charge in [-0.1, -0.05) is 30.7 Å². The van der Waals surface area contributed by atoms with Crippen molar-refractivity contribution in [1.82, 2.24) is 19.2 Å². The molecule has 0 bridgehead atoms. The fourth-order valence-electron chi connectivity index (χ4n) is 3.45. The van der Waals surface area contributed by atoms with Gasteiger partial charge in [0.2, 0.25) is 11.6 Å². The fourth-order valence-corrected chi connectivity index (χ4v) is 3.45. The molecule has 0 saturated heterocycles. The van der Waals surface area contributed by atoms with Crippen LogP contribution in [0.25, 0.3) is 11.3 Å². The molecule has 0 fully saturated rings. The zero-order valence-electron chi connectivity index (χ0n) is 17.2. The van der Waals surface area contributed by atoms with Crippen molar-refractivity contribution in [2.75, 3.05) is 5.32 Å². The van der Waals surface area contributed by atoms with Gasteiger partial charge in [0, 0.05) is 30.9 Å². The highest BCUT2D eigenvalue weighted by molar-refractivity contribution is 5.90. The molecule has 0 aliphatic carbocycles. The third-order valence-corrected chi connectivity index (χ3v) is 5.03. The van der Waals surface area contributed by atoms with Crippen molar-refractivity contribution in [2.45, 2.75) is 26.7 Å². The van der Waals surface area contributed by atoms with Crippen LogP contribution >= 0.6 is 0 Å². The Bertz CT molecular complexity index is 1290. The van der Waals surface area contributed by atoms with E-state index in [-0.39, 0.29) is 17.5 Å². The van der Waals surface area contributed by atoms with Gasteiger partial charge in [0.1, 0.15) is 11.6 Å². The molecular weight excluding hydrogens is 397 g/mol. The van der Waals surface area contributed by atoms with Crippen LogP contribution in [0.5, 0.6) is 0 Å². The van der Waals surface area contributed by atoms with Gasteiger partial charge in [-0.3, -0.25) is 18.6 Å². The van der Waals surface area contributed by atoms with Crippen molar-refractivity contribution in [3.05, 3.63) is 88.5 Å². The average molecular weight is 419 g/mol. The number of aryl methyl sites for hydroxylation is 1. The van der Waals surface area contributed by atoms with E-state index in [0.29, 0.717) is 24.4 Å². The fraction of sp³-hybridized carbons (Fsp3) is 0.217. The lowest BCUT2D eigenvalue weighted by Crippen LogP contribution is -2.21. The number of rotatable bonds is 6. The second-order valence-electron chi connectivity index (χ2n) is 7.69. The molecule has 0 aliphatic heterocycles. The monoisotopic (exact) mass is 419 g/mol. The molecule has 0 spiro atoms. The van der Waals surface area contributed by atoms with Crippen LogP contribution in [-0.2, 0) is 11.2 Å². The lowest BCUT2D eigenvalue weighted by Gasteiger charge is -2.11. The summed E-state index contributed by atoms with van der Waals surface area (Å²) in [5.74, 6) is 0.0698. The van der Waals surface area contributed by atoms with E-state index in [2.05, 4.69) is 15.5 Å². The van der Waals surface area contributed by atoms with E-state index in [4.69, 9.17) is 0 Å². The number of fused-ring (bicyclic) bond motifs is 1. The first-order valence-electron chi connectivity index (χ1n) is 9.98. The molecule has 0 radical (unpaired) electrons. The van der Waals surface area contributed by atoms with Crippen LogP contribution < -0.4 is 10.9 Å². The maximum absolute atomic E-state index is 13.5. The van der Waals surface area contributed by atoms with Crippen LogP contribution in [0.4, 0.5) is 10.1 Å². The van der Waals surface area contributed by atoms with Gasteiger partial charge in [0.25, 0.3) is 0 Å². The average Bonchev–Trinajstić information content (AvgIpc) is 3.13. The van der Waals surface area contributed by atoms with Gasteiger partial charge in [0.15, 0.2) is 0 Å². The minimum atomic E-state index is -0.427. The van der Waals surface area contributed by atoms with Crippen molar-refractivity contribution in [3.8, 4) is 5.69 Å². The predicted molar refractivity (Wildman–Crippen MR) is 116 cm³/mol. The Balaban J connectivity index is 1.48. The number of carbonyl (C=O) groups is 1. The van der Waals surface area contributed by atoms with Crippen LogP contribution in [0.1, 0.15) is 24.7 Å². The number of carbonyl (C=O) groups excluding carboxylic acids is 1. The first kappa shape index (κ1) is 20.5. The molecule has 31 heavy (non-hydrogen) atoms. The van der Waals surface area contributed by atoms with Gasteiger partial charge in [-0.15, -0.1) is 10.2 Å². The van der Waals surface area contributed by atoms with E-state index in [1.807, 2.05) is 38.1 Å². The lowest BCUT2D eigenvalue weighted by atomic mass is 10.0. The number of nitrogens with zero attached hydrogens (tertiary/aromatic N) is 4. The van der Waals surface area contributed by atoms with Crippen LogP contribution in [0.2, 0.25) is 0 Å². The lowest BCUT2D eigenvalue weighted by molar-refractivity contribution is -0.116. The summed E-state index contributed by atoms with van der Waals surface area (Å²) in [6, 6.07) is 13.4. The van der Waals surface area contributed by atoms with E-state index >= 15 is 0 Å². The van der Waals surface area contributed by atoms with Crippen molar-refractivity contribution in [2.24, 2.45) is 5.92 Å². The molecule has 158 valence electrons. The van der Waals surface area contributed by atoms with Gasteiger partial charge >= 0.3 is 5.56 Å². The molecule has 0 saturated carbocycles. The van der Waals surface area contributed by atoms with Gasteiger partial charge in [0.05, 0.1) is 5.69 Å². The normalized spacial score (nSPS) is 12.1. The summed E-state index contributed by atoms with van der Waals surface area (Å²) in [5, 5.41) is 11.1. The Kier molecular flexibility index (Phi) is 5.62. The van der Waals surface area contributed by atoms with Crippen LogP contribution in [-0.4, -0.2) is 25.1 Å². The van der Waals surface area contributed by atoms with Gasteiger partial charge in [-0.2, -0.15) is 0 Å². The molecule has 8 heteroatoms. The second kappa shape index (κ2) is 8.51. The largest absolute Gasteiger partial charge is 0.326 e. The maximum atomic E-state index is 13.5. The zero-order valence-corrected chi connectivity index (χ0v) is 17.2. The van der Waals surface area contributed by atoms with E-state index in [0.717, 1.165) is 11.3 Å². The minimum Gasteiger partial charge on any atom is -0.326 e. The molecule has 1 N–H and O–H groups in total. The number of hydrogen-bond acceptors (Lipinski definition) is 4. The number of hydrogen-bond donors (Lipinski definition) is 1. The topological polar surface area (TPSA) is 81.3 Å². The number of anilines is 1. The van der Waals surface area contributed by atoms with Gasteiger partial charge in [-0.05, 0) is 43.2 Å². The first-order valence-corrected chi connectivity index (χ1v) is 9.98. The van der Waals surface area contributed by atoms with Crippen LogP contribution in [0.15, 0.2) is 65.7 Å². The highest BCUT2D eigenvalue weighted by atomic mass is 19.1. The Morgan fingerprint density at radius 1 is 1.13 bits per heavy atom. The highest BCUT2D eigenvalue weighted by Crippen LogP contribution is 2.15. The highest BCUT2D eigenvalue weighted by Gasteiger charge is 2.16. The van der Waals surface area contributed by atoms with Crippen molar-refractivity contribution >= 4 is 17.2 Å². The minimum absolute atomic E-state index is 0.0106. The number of amides is 1. The van der Waals surface area contributed by atoms with Gasteiger partial charge < -0.3 is 5.32 Å². The molecule has 0 unspecified atom stereocenters. The maximum Gasteiger partial charge on any atom is 0.300 e. The molecule has 7 nitrogen and oxygen atoms in total. The van der Waals surface area contributed by atoms with Gasteiger partial charge in [-0.25, -0.2) is 4.39 Å². The third kappa shape index (κ3) is 4.53. The number of benzene rings is 2. The molecule has 2 heterocycles. The first-order chi connectivity index (χ1) is 14.9. The second-order valence-corrected chi connectivity index (χ2v) is 7.69. The molecule has 4 rings (SSSR count). The van der Waals surface area contributed by atoms with Crippen LogP contribution in [0.3, 0.4) is 0 Å². The quantitative estimate of drug-likeness (QED) is 0.518. The summed E-state index contributed by atoms with van der Waals surface area (Å²) in [6.07, 6.45) is 4.02. The van der Waals surface area contributed by atoms with Crippen molar-refractivity contribution in [3.63, 3.8) is 0 Å². The Morgan fingerprint density at radius 2 is 1.90 bits per heavy atom. The van der Waals surface area contributed by atoms with Crippen molar-refractivity contribution in [1.29, 1.82) is 0 Å². The molecule has 2 aromatic carbocycles. The summed E-state index contributed by atoms with van der Waals surface area (Å²) >= 11 is 0. The molecule has 4 aromatic rings. The molecule has 2 aromatic heterocycles. The van der Waals surface area contributed by atoms with E-state index in [1.54, 1.807) is 28.9 Å². The SMILES string of the molecule is Cc1ccc(NC(=O)C[C@H](C)Cc2nnc3c(=O)n(-c4cccc(F)c4)ccn23)cc1. The van der Waals surface area contributed by atoms with E-state index in [1.165, 1.54) is 16.7 Å². The summed E-state index contributed by atoms with van der Waals surface area (Å²) in [7, 11) is 0. The summed E-state index contributed by atoms with van der Waals surface area (Å²) in [6.45, 7) is 3.94. The number of aromatic nitrogens is 4. The Labute approximate surface area is 178 Å². The standard InChI is InChI=1S/C23H22FN5O2/c1-15-6-8-18(9-7-15)25-21(30)13-16(2)12-20-26-27-22-23(31)28(10-11-29(20)22)19-5-3-4-17(24)14-19/h3-11,14,16H,12-13H2,1-2H3,(H,25,30)/t16-/m1/s1. The Morgan fingerprint density at radius 3 is 2.65 bits per heavy atom. The van der Waals surface area contributed by atoms with Crippen LogP contribution in [0, 0.1) is 18.7 Å². The van der Waals surface area contributed by atoms with Crippen molar-refractivity contribution < 1.29 is 9.18 Å². The molecular formula is C23H22FN5O2. The molecule has 0 aliphatic rings. The number of halogens is 1. The number of nitrogens with one attached hydrogen (secondary N) is 1. The zero-order chi connectivity index (χ0) is 22.0.